The minimum Gasteiger partial charge on any atom is -0.307 e. The Bertz CT molecular complexity index is 1170. The molecule has 0 radical (unpaired) electrons. The molecule has 0 aliphatic heterocycles. The molecule has 3 aromatic rings. The summed E-state index contributed by atoms with van der Waals surface area (Å²) in [7, 11) is 0. The summed E-state index contributed by atoms with van der Waals surface area (Å²) in [5.74, 6) is -1.03. The molecule has 6 nitrogen and oxygen atoms in total. The van der Waals surface area contributed by atoms with Gasteiger partial charge in [0.1, 0.15) is 12.4 Å². The summed E-state index contributed by atoms with van der Waals surface area (Å²) in [5, 5.41) is 10.6. The Hall–Kier alpha value is -1.92. The number of anilines is 1. The molecule has 0 bridgehead atoms. The van der Waals surface area contributed by atoms with Crippen molar-refractivity contribution in [3.05, 3.63) is 61.1 Å². The monoisotopic (exact) mass is 597 g/mol. The third-order valence-electron chi connectivity index (χ3n) is 4.81. The highest BCUT2D eigenvalue weighted by Crippen LogP contribution is 2.47. The Morgan fingerprint density at radius 3 is 2.59 bits per heavy atom. The first-order valence-corrected chi connectivity index (χ1v) is 11.3. The van der Waals surface area contributed by atoms with E-state index in [1.54, 1.807) is 6.07 Å². The Balaban J connectivity index is 1.51. The minimum atomic E-state index is -4.64. The molecule has 1 amide bonds. The number of hydrogen-bond donors (Lipinski definition) is 1. The molecule has 1 saturated carbocycles. The molecule has 1 aromatic carbocycles. The Morgan fingerprint density at radius 1 is 1.25 bits per heavy atom. The highest BCUT2D eigenvalue weighted by atomic mass is 79.9. The van der Waals surface area contributed by atoms with Gasteiger partial charge in [-0.25, -0.2) is 4.39 Å². The Morgan fingerprint density at radius 2 is 1.97 bits per heavy atom. The summed E-state index contributed by atoms with van der Waals surface area (Å²) in [6, 6.07) is 4.31. The molecule has 13 heteroatoms. The third-order valence-corrected chi connectivity index (χ3v) is 6.53. The first kappa shape index (κ1) is 23.2. The molecule has 1 fully saturated rings. The van der Waals surface area contributed by atoms with Crippen molar-refractivity contribution in [3.63, 3.8) is 0 Å². The number of rotatable bonds is 6. The van der Waals surface area contributed by atoms with Crippen molar-refractivity contribution in [2.75, 3.05) is 5.32 Å². The minimum absolute atomic E-state index is 0.0207. The number of alkyl halides is 3. The predicted molar refractivity (Wildman–Crippen MR) is 116 cm³/mol. The number of carbonyl (C=O) groups is 1. The molecule has 2 heterocycles. The van der Waals surface area contributed by atoms with Gasteiger partial charge in [-0.05, 0) is 56.8 Å². The summed E-state index contributed by atoms with van der Waals surface area (Å²) in [6.45, 7) is -0.397. The van der Waals surface area contributed by atoms with Crippen LogP contribution in [0.3, 0.4) is 0 Å². The van der Waals surface area contributed by atoms with E-state index in [9.17, 15) is 22.4 Å². The average Bonchev–Trinajstić information content (AvgIpc) is 3.38. The van der Waals surface area contributed by atoms with Crippen molar-refractivity contribution in [2.45, 2.75) is 38.0 Å². The van der Waals surface area contributed by atoms with Crippen molar-refractivity contribution in [1.29, 1.82) is 0 Å². The van der Waals surface area contributed by atoms with E-state index >= 15 is 0 Å². The van der Waals surface area contributed by atoms with Gasteiger partial charge in [0.25, 0.3) is 0 Å². The van der Waals surface area contributed by atoms with Crippen LogP contribution in [-0.2, 0) is 24.1 Å². The molecule has 4 rings (SSSR count). The smallest absolute Gasteiger partial charge is 0.307 e. The SMILES string of the molecule is O=C(Cn1nc(C(F)(F)F)c(Br)c1C1CC1)Nc1nn(Cc2c(F)cccc2Cl)cc1Br. The van der Waals surface area contributed by atoms with E-state index in [1.165, 1.54) is 23.0 Å². The molecule has 0 unspecified atom stereocenters. The zero-order chi connectivity index (χ0) is 23.2. The molecule has 2 aromatic heterocycles. The van der Waals surface area contributed by atoms with Gasteiger partial charge in [0, 0.05) is 22.7 Å². The van der Waals surface area contributed by atoms with Crippen molar-refractivity contribution < 1.29 is 22.4 Å². The second kappa shape index (κ2) is 8.79. The van der Waals surface area contributed by atoms with Crippen LogP contribution in [0, 0.1) is 5.82 Å². The number of halogens is 7. The van der Waals surface area contributed by atoms with Crippen LogP contribution >= 0.6 is 43.5 Å². The first-order valence-electron chi connectivity index (χ1n) is 9.33. The van der Waals surface area contributed by atoms with Crippen LogP contribution in [0.1, 0.15) is 35.7 Å². The quantitative estimate of drug-likeness (QED) is 0.355. The normalized spacial score (nSPS) is 14.1. The summed E-state index contributed by atoms with van der Waals surface area (Å²) >= 11 is 12.3. The topological polar surface area (TPSA) is 64.7 Å². The van der Waals surface area contributed by atoms with E-state index < -0.39 is 30.1 Å². The van der Waals surface area contributed by atoms with Gasteiger partial charge >= 0.3 is 6.18 Å². The van der Waals surface area contributed by atoms with Crippen molar-refractivity contribution in [2.24, 2.45) is 0 Å². The zero-order valence-electron chi connectivity index (χ0n) is 16.1. The van der Waals surface area contributed by atoms with Gasteiger partial charge in [0.05, 0.1) is 21.2 Å². The van der Waals surface area contributed by atoms with Gasteiger partial charge in [-0.3, -0.25) is 14.2 Å². The molecule has 170 valence electrons. The zero-order valence-corrected chi connectivity index (χ0v) is 20.0. The maximum Gasteiger partial charge on any atom is 0.436 e. The highest BCUT2D eigenvalue weighted by Gasteiger charge is 2.42. The molecule has 1 aliphatic carbocycles. The number of nitrogens with zero attached hydrogens (tertiary/aromatic N) is 4. The average molecular weight is 600 g/mol. The van der Waals surface area contributed by atoms with Crippen LogP contribution in [0.15, 0.2) is 33.3 Å². The Labute approximate surface area is 201 Å². The van der Waals surface area contributed by atoms with Crippen LogP contribution < -0.4 is 5.32 Å². The fourth-order valence-electron chi connectivity index (χ4n) is 3.22. The molecule has 32 heavy (non-hydrogen) atoms. The summed E-state index contributed by atoms with van der Waals surface area (Å²) in [5.41, 5.74) is -0.470. The number of carbonyl (C=O) groups excluding carboxylic acids is 1. The van der Waals surface area contributed by atoms with Crippen LogP contribution in [0.2, 0.25) is 5.02 Å². The van der Waals surface area contributed by atoms with E-state index in [1.807, 2.05) is 0 Å². The fraction of sp³-hybridized carbons (Fsp3) is 0.316. The maximum absolute atomic E-state index is 14.0. The lowest BCUT2D eigenvalue weighted by atomic mass is 10.2. The largest absolute Gasteiger partial charge is 0.436 e. The molecule has 0 spiro atoms. The van der Waals surface area contributed by atoms with Gasteiger partial charge < -0.3 is 5.32 Å². The Kier molecular flexibility index (Phi) is 6.38. The second-order valence-electron chi connectivity index (χ2n) is 7.25. The van der Waals surface area contributed by atoms with Gasteiger partial charge in [-0.15, -0.1) is 0 Å². The standard InChI is InChI=1S/C19H14Br2ClF4N5O/c20-11-7-30(6-10-12(22)2-1-3-13(10)23)29-18(11)27-14(32)8-31-16(9-4-5-9)15(21)17(28-31)19(24,25)26/h1-3,7,9H,4-6,8H2,(H,27,29,32). The number of amides is 1. The lowest BCUT2D eigenvalue weighted by Crippen LogP contribution is -2.22. The van der Waals surface area contributed by atoms with Crippen molar-refractivity contribution in [1.82, 2.24) is 19.6 Å². The van der Waals surface area contributed by atoms with Gasteiger partial charge in [-0.2, -0.15) is 23.4 Å². The van der Waals surface area contributed by atoms with E-state index in [4.69, 9.17) is 11.6 Å². The first-order chi connectivity index (χ1) is 15.0. The van der Waals surface area contributed by atoms with E-state index in [0.29, 0.717) is 10.2 Å². The van der Waals surface area contributed by atoms with Crippen LogP contribution in [0.4, 0.5) is 23.4 Å². The van der Waals surface area contributed by atoms with Crippen LogP contribution in [0.25, 0.3) is 0 Å². The van der Waals surface area contributed by atoms with E-state index in [2.05, 4.69) is 47.4 Å². The molecule has 1 aliphatic rings. The van der Waals surface area contributed by atoms with Crippen molar-refractivity contribution in [3.8, 4) is 0 Å². The number of aromatic nitrogens is 4. The van der Waals surface area contributed by atoms with Crippen molar-refractivity contribution >= 4 is 55.2 Å². The summed E-state index contributed by atoms with van der Waals surface area (Å²) in [6.07, 6.45) is -1.64. The highest BCUT2D eigenvalue weighted by molar-refractivity contribution is 9.11. The summed E-state index contributed by atoms with van der Waals surface area (Å²) in [4.78, 5) is 12.6. The predicted octanol–water partition coefficient (Wildman–Crippen LogP) is 5.98. The molecule has 1 N–H and O–H groups in total. The fourth-order valence-corrected chi connectivity index (χ4v) is 4.69. The number of hydrogen-bond acceptors (Lipinski definition) is 3. The van der Waals surface area contributed by atoms with E-state index in [-0.39, 0.29) is 33.3 Å². The maximum atomic E-state index is 14.0. The van der Waals surface area contributed by atoms with Gasteiger partial charge in [0.2, 0.25) is 5.91 Å². The number of nitrogens with one attached hydrogen (secondary N) is 1. The van der Waals surface area contributed by atoms with Gasteiger partial charge in [-0.1, -0.05) is 17.7 Å². The van der Waals surface area contributed by atoms with Crippen LogP contribution in [0.5, 0.6) is 0 Å². The molecule has 0 saturated heterocycles. The van der Waals surface area contributed by atoms with E-state index in [0.717, 1.165) is 17.5 Å². The molecular weight excluding hydrogens is 585 g/mol. The van der Waals surface area contributed by atoms with Crippen LogP contribution in [-0.4, -0.2) is 25.5 Å². The number of benzene rings is 1. The molecular formula is C19H14Br2ClF4N5O. The van der Waals surface area contributed by atoms with Gasteiger partial charge in [0.15, 0.2) is 11.5 Å². The lowest BCUT2D eigenvalue weighted by molar-refractivity contribution is -0.142. The summed E-state index contributed by atoms with van der Waals surface area (Å²) < 4.78 is 56.5. The lowest BCUT2D eigenvalue weighted by Gasteiger charge is -2.08. The second-order valence-corrected chi connectivity index (χ2v) is 9.30. The third kappa shape index (κ3) is 4.86. The molecule has 0 atom stereocenters.